The number of halogens is 2. The number of nitrogens with one attached hydrogen (secondary N) is 2. The fourth-order valence-electron chi connectivity index (χ4n) is 3.85. The predicted molar refractivity (Wildman–Crippen MR) is 133 cm³/mol. The molecule has 1 aromatic carbocycles. The summed E-state index contributed by atoms with van der Waals surface area (Å²) >= 11 is 13.1. The quantitative estimate of drug-likeness (QED) is 0.459. The first-order valence-electron chi connectivity index (χ1n) is 10.6. The monoisotopic (exact) mass is 502 g/mol. The van der Waals surface area contributed by atoms with Gasteiger partial charge in [0.25, 0.3) is 0 Å². The molecule has 0 saturated carbocycles. The minimum Gasteiger partial charge on any atom is -0.495 e. The van der Waals surface area contributed by atoms with E-state index in [0.29, 0.717) is 58.3 Å². The third kappa shape index (κ3) is 4.89. The molecule has 8 nitrogen and oxygen atoms in total. The summed E-state index contributed by atoms with van der Waals surface area (Å²) in [5.74, 6) is 1.30. The highest BCUT2D eigenvalue weighted by Crippen LogP contribution is 2.45. The van der Waals surface area contributed by atoms with Crippen LogP contribution in [-0.2, 0) is 9.53 Å². The maximum atomic E-state index is 11.8. The van der Waals surface area contributed by atoms with Gasteiger partial charge in [0.1, 0.15) is 17.3 Å². The van der Waals surface area contributed by atoms with Gasteiger partial charge >= 0.3 is 0 Å². The van der Waals surface area contributed by atoms with Gasteiger partial charge in [0.05, 0.1) is 48.6 Å². The van der Waals surface area contributed by atoms with Crippen LogP contribution in [0.2, 0.25) is 10.0 Å². The number of hydrogen-bond acceptors (Lipinski definition) is 7. The summed E-state index contributed by atoms with van der Waals surface area (Å²) in [6.45, 7) is 4.55. The second kappa shape index (κ2) is 10.5. The molecule has 1 fully saturated rings. The van der Waals surface area contributed by atoms with Crippen LogP contribution in [-0.4, -0.2) is 55.4 Å². The molecule has 1 aliphatic rings. The van der Waals surface area contributed by atoms with Gasteiger partial charge < -0.3 is 24.8 Å². The second-order valence-electron chi connectivity index (χ2n) is 7.70. The van der Waals surface area contributed by atoms with Crippen LogP contribution in [0.3, 0.4) is 0 Å². The number of aromatic nitrogens is 2. The smallest absolute Gasteiger partial charge is 0.243 e. The van der Waals surface area contributed by atoms with Crippen LogP contribution >= 0.6 is 23.2 Å². The lowest BCUT2D eigenvalue weighted by Gasteiger charge is -2.32. The van der Waals surface area contributed by atoms with E-state index in [1.165, 1.54) is 20.3 Å². The number of benzene rings is 1. The second-order valence-corrected chi connectivity index (χ2v) is 8.46. The van der Waals surface area contributed by atoms with Crippen LogP contribution in [0.15, 0.2) is 43.2 Å². The lowest BCUT2D eigenvalue weighted by molar-refractivity contribution is -0.117. The molecule has 1 aliphatic heterocycles. The number of rotatable bonds is 7. The highest BCUT2D eigenvalue weighted by Gasteiger charge is 2.27. The zero-order chi connectivity index (χ0) is 24.2. The summed E-state index contributed by atoms with van der Waals surface area (Å²) in [6, 6.07) is 5.16. The molecule has 0 unspecified atom stereocenters. The summed E-state index contributed by atoms with van der Waals surface area (Å²) in [4.78, 5) is 20.9. The number of methoxy groups -OCH3 is 2. The van der Waals surface area contributed by atoms with E-state index < -0.39 is 0 Å². The lowest BCUT2D eigenvalue weighted by atomic mass is 10.0. The fourth-order valence-corrected chi connectivity index (χ4v) is 4.54. The van der Waals surface area contributed by atoms with E-state index in [2.05, 4.69) is 27.2 Å². The van der Waals surface area contributed by atoms with Gasteiger partial charge in [0.15, 0.2) is 0 Å². The molecule has 1 amide bonds. The molecule has 10 heteroatoms. The number of pyridine rings is 2. The number of anilines is 1. The van der Waals surface area contributed by atoms with Crippen LogP contribution in [0, 0.1) is 0 Å². The van der Waals surface area contributed by atoms with Crippen molar-refractivity contribution in [3.05, 3.63) is 53.3 Å². The van der Waals surface area contributed by atoms with Crippen LogP contribution in [0.25, 0.3) is 22.0 Å². The molecule has 0 spiro atoms. The van der Waals surface area contributed by atoms with Crippen molar-refractivity contribution in [3.8, 4) is 22.8 Å². The lowest BCUT2D eigenvalue weighted by Crippen LogP contribution is -2.52. The normalized spacial score (nSPS) is 17.8. The molecular weight excluding hydrogens is 479 g/mol. The summed E-state index contributed by atoms with van der Waals surface area (Å²) in [7, 11) is 3.05. The molecular formula is C24H24Cl2N4O4. The van der Waals surface area contributed by atoms with E-state index >= 15 is 0 Å². The van der Waals surface area contributed by atoms with Crippen molar-refractivity contribution in [2.75, 3.05) is 32.8 Å². The molecule has 2 atom stereocenters. The molecule has 0 radical (unpaired) electrons. The fraction of sp³-hybridized carbons (Fsp3) is 0.292. The van der Waals surface area contributed by atoms with E-state index in [1.54, 1.807) is 18.5 Å². The predicted octanol–water partition coefficient (Wildman–Crippen LogP) is 4.49. The summed E-state index contributed by atoms with van der Waals surface area (Å²) in [6.07, 6.45) is 5.43. The third-order valence-electron chi connectivity index (χ3n) is 5.64. The Hall–Kier alpha value is -3.07. The van der Waals surface area contributed by atoms with Crippen LogP contribution in [0.1, 0.15) is 6.42 Å². The zero-order valence-electron chi connectivity index (χ0n) is 18.7. The first-order chi connectivity index (χ1) is 16.4. The number of fused-ring (bicyclic) bond motifs is 1. The van der Waals surface area contributed by atoms with Crippen molar-refractivity contribution in [2.24, 2.45) is 0 Å². The first kappa shape index (κ1) is 24.1. The Kier molecular flexibility index (Phi) is 7.41. The van der Waals surface area contributed by atoms with Crippen LogP contribution in [0.4, 0.5) is 5.82 Å². The Morgan fingerprint density at radius 1 is 1.09 bits per heavy atom. The summed E-state index contributed by atoms with van der Waals surface area (Å²) in [5, 5.41) is 8.71. The molecule has 0 aliphatic carbocycles. The standard InChI is InChI=1S/C24H24Cl2N4O4/c1-4-21(31)30-15-5-6-34-12-17(15)29-20-8-14-10-27-16(7-13(14)11-28-20)22-23(25)18(32-2)9-19(33-3)24(22)26/h4,7-11,15,17H,1,5-6,12H2,2-3H3,(H,28,29)(H,30,31)/t15-,17+/m0/s1. The van der Waals surface area contributed by atoms with Gasteiger partial charge in [-0.05, 0) is 24.6 Å². The van der Waals surface area contributed by atoms with Gasteiger partial charge in [-0.25, -0.2) is 4.98 Å². The Bertz CT molecular complexity index is 1210. The third-order valence-corrected chi connectivity index (χ3v) is 6.39. The van der Waals surface area contributed by atoms with Gasteiger partial charge in [-0.1, -0.05) is 29.8 Å². The molecule has 1 saturated heterocycles. The van der Waals surface area contributed by atoms with Crippen molar-refractivity contribution in [3.63, 3.8) is 0 Å². The van der Waals surface area contributed by atoms with E-state index in [4.69, 9.17) is 37.4 Å². The number of nitrogens with zero attached hydrogens (tertiary/aromatic N) is 2. The number of ether oxygens (including phenoxy) is 3. The topological polar surface area (TPSA) is 94.6 Å². The minimum absolute atomic E-state index is 0.0930. The zero-order valence-corrected chi connectivity index (χ0v) is 20.2. The van der Waals surface area contributed by atoms with E-state index in [1.807, 2.05) is 12.1 Å². The van der Waals surface area contributed by atoms with Crippen molar-refractivity contribution in [1.82, 2.24) is 15.3 Å². The molecule has 4 rings (SSSR count). The number of carbonyl (C=O) groups excluding carboxylic acids is 1. The van der Waals surface area contributed by atoms with Gasteiger partial charge in [-0.2, -0.15) is 0 Å². The van der Waals surface area contributed by atoms with Gasteiger partial charge in [0, 0.05) is 41.4 Å². The SMILES string of the molecule is C=CC(=O)N[C@H]1CCOC[C@H]1Nc1cc2cnc(-c3c(Cl)c(OC)cc(OC)c3Cl)cc2cn1. The van der Waals surface area contributed by atoms with Gasteiger partial charge in [-0.15, -0.1) is 0 Å². The average molecular weight is 503 g/mol. The Morgan fingerprint density at radius 2 is 1.76 bits per heavy atom. The number of amides is 1. The number of hydrogen-bond donors (Lipinski definition) is 2. The first-order valence-corrected chi connectivity index (χ1v) is 11.3. The van der Waals surface area contributed by atoms with Gasteiger partial charge in [0.2, 0.25) is 5.91 Å². The van der Waals surface area contributed by atoms with Gasteiger partial charge in [-0.3, -0.25) is 9.78 Å². The molecule has 3 heterocycles. The minimum atomic E-state index is -0.214. The van der Waals surface area contributed by atoms with Crippen molar-refractivity contribution in [1.29, 1.82) is 0 Å². The maximum absolute atomic E-state index is 11.8. The average Bonchev–Trinajstić information content (AvgIpc) is 2.85. The van der Waals surface area contributed by atoms with Crippen molar-refractivity contribution < 1.29 is 19.0 Å². The number of carbonyl (C=O) groups is 1. The highest BCUT2D eigenvalue weighted by molar-refractivity contribution is 6.41. The Morgan fingerprint density at radius 3 is 2.44 bits per heavy atom. The van der Waals surface area contributed by atoms with Crippen molar-refractivity contribution in [2.45, 2.75) is 18.5 Å². The Balaban J connectivity index is 1.63. The Labute approximate surface area is 207 Å². The largest absolute Gasteiger partial charge is 0.495 e. The van der Waals surface area contributed by atoms with Crippen molar-refractivity contribution >= 4 is 45.7 Å². The molecule has 2 N–H and O–H groups in total. The van der Waals surface area contributed by atoms with E-state index in [-0.39, 0.29) is 18.0 Å². The molecule has 34 heavy (non-hydrogen) atoms. The van der Waals surface area contributed by atoms with E-state index in [9.17, 15) is 4.79 Å². The van der Waals surface area contributed by atoms with E-state index in [0.717, 1.165) is 10.8 Å². The molecule has 178 valence electrons. The molecule has 3 aromatic rings. The molecule has 0 bridgehead atoms. The molecule has 2 aromatic heterocycles. The maximum Gasteiger partial charge on any atom is 0.243 e. The van der Waals surface area contributed by atoms with Crippen LogP contribution < -0.4 is 20.1 Å². The summed E-state index contributed by atoms with van der Waals surface area (Å²) in [5.41, 5.74) is 1.08. The summed E-state index contributed by atoms with van der Waals surface area (Å²) < 4.78 is 16.3. The highest BCUT2D eigenvalue weighted by atomic mass is 35.5. The van der Waals surface area contributed by atoms with Crippen LogP contribution in [0.5, 0.6) is 11.5 Å².